The Kier molecular flexibility index (Phi) is 5.99. The van der Waals surface area contributed by atoms with Crippen molar-refractivity contribution in [3.05, 3.63) is 47.4 Å². The molecule has 12 heteroatoms. The molecule has 2 aromatic heterocycles. The average Bonchev–Trinajstić information content (AvgIpc) is 3.12. The zero-order chi connectivity index (χ0) is 22.8. The van der Waals surface area contributed by atoms with Crippen LogP contribution in [0.5, 0.6) is 11.5 Å². The molecule has 9 nitrogen and oxygen atoms in total. The van der Waals surface area contributed by atoms with Gasteiger partial charge in [-0.1, -0.05) is 0 Å². The summed E-state index contributed by atoms with van der Waals surface area (Å²) >= 11 is 0. The van der Waals surface area contributed by atoms with E-state index < -0.39 is 12.1 Å². The number of nitrogens with one attached hydrogen (secondary N) is 1. The summed E-state index contributed by atoms with van der Waals surface area (Å²) in [5.74, 6) is -1.71. The van der Waals surface area contributed by atoms with Crippen LogP contribution in [0.2, 0.25) is 0 Å². The van der Waals surface area contributed by atoms with Gasteiger partial charge in [0.05, 0.1) is 6.20 Å². The van der Waals surface area contributed by atoms with E-state index in [2.05, 4.69) is 15.4 Å². The van der Waals surface area contributed by atoms with Crippen LogP contribution >= 0.6 is 0 Å². The van der Waals surface area contributed by atoms with Gasteiger partial charge in [-0.15, -0.1) is 0 Å². The zero-order valence-corrected chi connectivity index (χ0v) is 16.4. The van der Waals surface area contributed by atoms with Gasteiger partial charge >= 0.3 is 12.1 Å². The number of benzene rings is 1. The molecular weight excluding hydrogens is 421 g/mol. The van der Waals surface area contributed by atoms with Crippen LogP contribution in [0.1, 0.15) is 21.7 Å². The third kappa shape index (κ3) is 5.02. The number of fused-ring (bicyclic) bond motifs is 2. The lowest BCUT2D eigenvalue weighted by molar-refractivity contribution is -0.192. The fraction of sp³-hybridized carbons (Fsp3) is 0.263. The van der Waals surface area contributed by atoms with Gasteiger partial charge in [0.2, 0.25) is 0 Å². The van der Waals surface area contributed by atoms with Gasteiger partial charge in [0, 0.05) is 23.1 Å². The van der Waals surface area contributed by atoms with Crippen molar-refractivity contribution in [1.29, 1.82) is 0 Å². The van der Waals surface area contributed by atoms with E-state index in [0.717, 1.165) is 11.4 Å². The van der Waals surface area contributed by atoms with Crippen LogP contribution in [-0.4, -0.2) is 51.0 Å². The van der Waals surface area contributed by atoms with Crippen LogP contribution in [-0.2, 0) is 4.79 Å². The van der Waals surface area contributed by atoms with Crippen LogP contribution in [0.15, 0.2) is 30.5 Å². The van der Waals surface area contributed by atoms with Crippen molar-refractivity contribution in [1.82, 2.24) is 14.6 Å². The summed E-state index contributed by atoms with van der Waals surface area (Å²) in [6.45, 7) is 4.85. The van der Waals surface area contributed by atoms with Gasteiger partial charge in [0.15, 0.2) is 17.1 Å². The lowest BCUT2D eigenvalue weighted by Gasteiger charge is -2.18. The third-order valence-electron chi connectivity index (χ3n) is 4.07. The van der Waals surface area contributed by atoms with E-state index in [4.69, 9.17) is 19.4 Å². The van der Waals surface area contributed by atoms with E-state index in [1.165, 1.54) is 6.20 Å². The summed E-state index contributed by atoms with van der Waals surface area (Å²) in [6.07, 6.45) is -3.55. The number of aryl methyl sites for hydroxylation is 2. The zero-order valence-electron chi connectivity index (χ0n) is 16.4. The molecule has 3 aromatic rings. The number of hydrogen-bond acceptors (Lipinski definition) is 6. The monoisotopic (exact) mass is 438 g/mol. The first-order valence-electron chi connectivity index (χ1n) is 8.89. The third-order valence-corrected chi connectivity index (χ3v) is 4.07. The molecule has 2 N–H and O–H groups in total. The summed E-state index contributed by atoms with van der Waals surface area (Å²) in [4.78, 5) is 25.9. The van der Waals surface area contributed by atoms with Gasteiger partial charge in [0.25, 0.3) is 5.91 Å². The number of hydrogen-bond donors (Lipinski definition) is 2. The Balaban J connectivity index is 0.000000339. The maximum atomic E-state index is 12.6. The first-order chi connectivity index (χ1) is 14.6. The molecule has 0 saturated carbocycles. The minimum absolute atomic E-state index is 0.265. The first-order valence-corrected chi connectivity index (χ1v) is 8.89. The van der Waals surface area contributed by atoms with E-state index in [1.807, 2.05) is 19.9 Å². The van der Waals surface area contributed by atoms with Crippen LogP contribution in [0.3, 0.4) is 0 Å². The van der Waals surface area contributed by atoms with Crippen LogP contribution < -0.4 is 14.8 Å². The van der Waals surface area contributed by atoms with Crippen molar-refractivity contribution in [3.63, 3.8) is 0 Å². The number of alkyl halides is 3. The van der Waals surface area contributed by atoms with Gasteiger partial charge in [-0.3, -0.25) is 4.79 Å². The molecule has 1 aliphatic rings. The number of halogens is 3. The number of carbonyl (C=O) groups is 2. The highest BCUT2D eigenvalue weighted by atomic mass is 19.4. The molecule has 1 aromatic carbocycles. The summed E-state index contributed by atoms with van der Waals surface area (Å²) in [6, 6.07) is 7.23. The van der Waals surface area contributed by atoms with Gasteiger partial charge in [0.1, 0.15) is 18.8 Å². The summed E-state index contributed by atoms with van der Waals surface area (Å²) < 4.78 is 44.4. The number of rotatable bonds is 2. The highest BCUT2D eigenvalue weighted by Crippen LogP contribution is 2.32. The van der Waals surface area contributed by atoms with E-state index in [0.29, 0.717) is 41.6 Å². The molecule has 0 saturated heterocycles. The number of carboxylic acid groups (broad SMARTS) is 1. The Morgan fingerprint density at radius 2 is 1.77 bits per heavy atom. The fourth-order valence-electron chi connectivity index (χ4n) is 2.75. The molecule has 3 heterocycles. The Morgan fingerprint density at radius 1 is 1.13 bits per heavy atom. The highest BCUT2D eigenvalue weighted by Gasteiger charge is 2.38. The molecule has 1 amide bonds. The Labute approximate surface area is 173 Å². The van der Waals surface area contributed by atoms with Crippen molar-refractivity contribution in [3.8, 4) is 11.5 Å². The van der Waals surface area contributed by atoms with Gasteiger partial charge < -0.3 is 19.9 Å². The molecule has 0 aliphatic carbocycles. The molecule has 1 aliphatic heterocycles. The van der Waals surface area contributed by atoms with Crippen molar-refractivity contribution in [2.45, 2.75) is 20.0 Å². The number of aromatic nitrogens is 3. The predicted octanol–water partition coefficient (Wildman–Crippen LogP) is 3.00. The number of carboxylic acids is 1. The highest BCUT2D eigenvalue weighted by molar-refractivity contribution is 6.08. The standard InChI is InChI=1S/C17H16N4O3.C2HF3O2/c1-10-7-11(2)21-16(19-10)13(9-18-21)17(22)20-12-3-4-14-15(8-12)24-6-5-23-14;3-2(4,5)1(6)7/h3-4,7-9H,5-6H2,1-2H3,(H,20,22);(H,6,7). The molecule has 0 radical (unpaired) electrons. The van der Waals surface area contributed by atoms with Gasteiger partial charge in [-0.2, -0.15) is 18.3 Å². The molecule has 0 bridgehead atoms. The number of nitrogens with zero attached hydrogens (tertiary/aromatic N) is 3. The largest absolute Gasteiger partial charge is 0.490 e. The molecule has 0 spiro atoms. The molecule has 0 atom stereocenters. The Morgan fingerprint density at radius 3 is 2.42 bits per heavy atom. The maximum Gasteiger partial charge on any atom is 0.490 e. The van der Waals surface area contributed by atoms with Crippen molar-refractivity contribution in [2.24, 2.45) is 0 Å². The number of ether oxygens (including phenoxy) is 2. The second-order valence-corrected chi connectivity index (χ2v) is 6.45. The lowest BCUT2D eigenvalue weighted by atomic mass is 10.2. The molecule has 0 fully saturated rings. The average molecular weight is 438 g/mol. The lowest BCUT2D eigenvalue weighted by Crippen LogP contribution is -2.21. The van der Waals surface area contributed by atoms with Crippen LogP contribution in [0, 0.1) is 13.8 Å². The molecule has 4 rings (SSSR count). The van der Waals surface area contributed by atoms with Gasteiger partial charge in [-0.05, 0) is 32.0 Å². The minimum Gasteiger partial charge on any atom is -0.486 e. The topological polar surface area (TPSA) is 115 Å². The number of amides is 1. The number of aliphatic carboxylic acids is 1. The van der Waals surface area contributed by atoms with E-state index in [-0.39, 0.29) is 5.91 Å². The maximum absolute atomic E-state index is 12.6. The summed E-state index contributed by atoms with van der Waals surface area (Å²) in [5, 5.41) is 14.2. The van der Waals surface area contributed by atoms with Gasteiger partial charge in [-0.25, -0.2) is 14.3 Å². The Hall–Kier alpha value is -3.83. The Bertz CT molecular complexity index is 1140. The predicted molar refractivity (Wildman–Crippen MR) is 102 cm³/mol. The quantitative estimate of drug-likeness (QED) is 0.632. The summed E-state index contributed by atoms with van der Waals surface area (Å²) in [5.41, 5.74) is 3.37. The smallest absolute Gasteiger partial charge is 0.486 e. The molecule has 164 valence electrons. The summed E-state index contributed by atoms with van der Waals surface area (Å²) in [7, 11) is 0. The van der Waals surface area contributed by atoms with E-state index in [9.17, 15) is 18.0 Å². The van der Waals surface area contributed by atoms with Crippen molar-refractivity contribution < 1.29 is 37.3 Å². The first kappa shape index (κ1) is 21.9. The SMILES string of the molecule is Cc1cc(C)n2ncc(C(=O)Nc3ccc4c(c3)OCCO4)c2n1.O=C(O)C(F)(F)F. The minimum atomic E-state index is -5.08. The number of carbonyl (C=O) groups excluding carboxylic acids is 1. The second-order valence-electron chi connectivity index (χ2n) is 6.45. The fourth-order valence-corrected chi connectivity index (χ4v) is 2.75. The van der Waals surface area contributed by atoms with E-state index in [1.54, 1.807) is 22.7 Å². The molecular formula is C19H17F3N4O5. The van der Waals surface area contributed by atoms with Crippen LogP contribution in [0.25, 0.3) is 5.65 Å². The van der Waals surface area contributed by atoms with Crippen LogP contribution in [0.4, 0.5) is 18.9 Å². The van der Waals surface area contributed by atoms with Crippen molar-refractivity contribution >= 4 is 23.2 Å². The number of anilines is 1. The normalized spacial score (nSPS) is 12.7. The molecule has 31 heavy (non-hydrogen) atoms. The second kappa shape index (κ2) is 8.50. The molecule has 0 unspecified atom stereocenters. The van der Waals surface area contributed by atoms with E-state index >= 15 is 0 Å². The van der Waals surface area contributed by atoms with Crippen molar-refractivity contribution in [2.75, 3.05) is 18.5 Å².